The Morgan fingerprint density at radius 3 is 2.77 bits per heavy atom. The number of carbonyl (C=O) groups is 1. The second-order valence-electron chi connectivity index (χ2n) is 6.50. The zero-order valence-electron chi connectivity index (χ0n) is 12.9. The van der Waals surface area contributed by atoms with Crippen molar-refractivity contribution in [2.75, 3.05) is 6.54 Å². The maximum absolute atomic E-state index is 12.9. The van der Waals surface area contributed by atoms with Crippen molar-refractivity contribution in [1.82, 2.24) is 14.7 Å². The highest BCUT2D eigenvalue weighted by atomic mass is 16.2. The topological polar surface area (TPSA) is 38.1 Å². The van der Waals surface area contributed by atoms with Gasteiger partial charge in [-0.3, -0.25) is 9.48 Å². The third-order valence-electron chi connectivity index (χ3n) is 4.98. The molecule has 0 spiro atoms. The van der Waals surface area contributed by atoms with Crippen LogP contribution in [0.2, 0.25) is 0 Å². The summed E-state index contributed by atoms with van der Waals surface area (Å²) in [5.41, 5.74) is 2.48. The fourth-order valence-corrected chi connectivity index (χ4v) is 3.74. The van der Waals surface area contributed by atoms with E-state index in [1.54, 1.807) is 0 Å². The maximum atomic E-state index is 12.9. The van der Waals surface area contributed by atoms with E-state index < -0.39 is 0 Å². The molecule has 3 atom stereocenters. The molecule has 1 saturated carbocycles. The summed E-state index contributed by atoms with van der Waals surface area (Å²) >= 11 is 0. The number of rotatable bonds is 3. The molecule has 1 saturated heterocycles. The minimum Gasteiger partial charge on any atom is -0.335 e. The predicted molar refractivity (Wildman–Crippen MR) is 84.2 cm³/mol. The molecule has 2 aliphatic rings. The summed E-state index contributed by atoms with van der Waals surface area (Å²) in [4.78, 5) is 15.0. The highest BCUT2D eigenvalue weighted by Gasteiger charge is 2.47. The van der Waals surface area contributed by atoms with E-state index in [4.69, 9.17) is 0 Å². The van der Waals surface area contributed by atoms with Crippen LogP contribution < -0.4 is 0 Å². The average Bonchev–Trinajstić information content (AvgIpc) is 2.98. The van der Waals surface area contributed by atoms with Crippen LogP contribution in [0.4, 0.5) is 0 Å². The molecule has 2 aromatic rings. The van der Waals surface area contributed by atoms with Gasteiger partial charge in [0.1, 0.15) is 0 Å². The van der Waals surface area contributed by atoms with E-state index in [1.165, 1.54) is 11.1 Å². The van der Waals surface area contributed by atoms with Gasteiger partial charge in [0.05, 0.1) is 12.2 Å². The lowest BCUT2D eigenvalue weighted by Gasteiger charge is -2.24. The summed E-state index contributed by atoms with van der Waals surface area (Å²) in [6, 6.07) is 10.6. The normalized spacial score (nSPS) is 27.1. The van der Waals surface area contributed by atoms with E-state index in [2.05, 4.69) is 34.3 Å². The van der Waals surface area contributed by atoms with E-state index in [0.717, 1.165) is 25.8 Å². The SMILES string of the molecule is Cn1cc([C@@H]2CCCN2C(=O)[C@@H]2C[C@H]2c2ccccc2)cn1. The summed E-state index contributed by atoms with van der Waals surface area (Å²) in [5, 5.41) is 4.26. The van der Waals surface area contributed by atoms with Crippen molar-refractivity contribution >= 4 is 5.91 Å². The molecule has 2 heterocycles. The second kappa shape index (κ2) is 5.27. The number of nitrogens with zero attached hydrogens (tertiary/aromatic N) is 3. The number of benzene rings is 1. The van der Waals surface area contributed by atoms with Crippen LogP contribution in [0.25, 0.3) is 0 Å². The minimum atomic E-state index is 0.180. The fourth-order valence-electron chi connectivity index (χ4n) is 3.74. The molecule has 0 radical (unpaired) electrons. The Bertz CT molecular complexity index is 679. The Hall–Kier alpha value is -2.10. The van der Waals surface area contributed by atoms with Gasteiger partial charge in [-0.25, -0.2) is 0 Å². The van der Waals surface area contributed by atoms with Crippen molar-refractivity contribution < 1.29 is 4.79 Å². The lowest BCUT2D eigenvalue weighted by Crippen LogP contribution is -2.32. The third-order valence-corrected chi connectivity index (χ3v) is 4.98. The lowest BCUT2D eigenvalue weighted by molar-refractivity contribution is -0.133. The molecule has 0 N–H and O–H groups in total. The molecule has 1 aliphatic heterocycles. The molecule has 1 aromatic heterocycles. The number of aryl methyl sites for hydroxylation is 1. The maximum Gasteiger partial charge on any atom is 0.226 e. The van der Waals surface area contributed by atoms with Crippen LogP contribution in [0.5, 0.6) is 0 Å². The van der Waals surface area contributed by atoms with Gasteiger partial charge in [0.15, 0.2) is 0 Å². The molecule has 4 heteroatoms. The van der Waals surface area contributed by atoms with Gasteiger partial charge in [0, 0.05) is 31.3 Å². The first-order chi connectivity index (χ1) is 10.7. The van der Waals surface area contributed by atoms with Crippen molar-refractivity contribution in [3.05, 3.63) is 53.9 Å². The number of hydrogen-bond donors (Lipinski definition) is 0. The summed E-state index contributed by atoms with van der Waals surface area (Å²) in [5.74, 6) is 0.934. The van der Waals surface area contributed by atoms with Crippen LogP contribution in [-0.4, -0.2) is 27.1 Å². The summed E-state index contributed by atoms with van der Waals surface area (Å²) < 4.78 is 1.82. The van der Waals surface area contributed by atoms with Gasteiger partial charge in [-0.15, -0.1) is 0 Å². The molecule has 0 bridgehead atoms. The highest BCUT2D eigenvalue weighted by Crippen LogP contribution is 2.50. The van der Waals surface area contributed by atoms with Crippen molar-refractivity contribution in [1.29, 1.82) is 0 Å². The van der Waals surface area contributed by atoms with Crippen LogP contribution in [-0.2, 0) is 11.8 Å². The highest BCUT2D eigenvalue weighted by molar-refractivity contribution is 5.83. The number of aromatic nitrogens is 2. The van der Waals surface area contributed by atoms with Gasteiger partial charge in [0.25, 0.3) is 0 Å². The predicted octanol–water partition coefficient (Wildman–Crippen LogP) is 2.89. The van der Waals surface area contributed by atoms with E-state index in [-0.39, 0.29) is 12.0 Å². The number of carbonyl (C=O) groups excluding carboxylic acids is 1. The lowest BCUT2D eigenvalue weighted by atomic mass is 10.1. The molecular formula is C18H21N3O. The van der Waals surface area contributed by atoms with Crippen molar-refractivity contribution in [3.8, 4) is 0 Å². The van der Waals surface area contributed by atoms with E-state index in [1.807, 2.05) is 30.2 Å². The molecule has 1 aromatic carbocycles. The van der Waals surface area contributed by atoms with E-state index in [9.17, 15) is 4.79 Å². The van der Waals surface area contributed by atoms with Crippen LogP contribution in [0.15, 0.2) is 42.7 Å². The summed E-state index contributed by atoms with van der Waals surface area (Å²) in [6.45, 7) is 0.885. The molecule has 1 aliphatic carbocycles. The van der Waals surface area contributed by atoms with E-state index >= 15 is 0 Å². The zero-order valence-corrected chi connectivity index (χ0v) is 12.9. The molecular weight excluding hydrogens is 274 g/mol. The Morgan fingerprint density at radius 1 is 1.23 bits per heavy atom. The fraction of sp³-hybridized carbons (Fsp3) is 0.444. The average molecular weight is 295 g/mol. The Kier molecular flexibility index (Phi) is 3.25. The van der Waals surface area contributed by atoms with Crippen LogP contribution in [0.3, 0.4) is 0 Å². The quantitative estimate of drug-likeness (QED) is 0.873. The molecule has 22 heavy (non-hydrogen) atoms. The first kappa shape index (κ1) is 13.6. The van der Waals surface area contributed by atoms with Gasteiger partial charge in [-0.05, 0) is 30.7 Å². The molecule has 1 amide bonds. The minimum absolute atomic E-state index is 0.180. The largest absolute Gasteiger partial charge is 0.335 e. The first-order valence-electron chi connectivity index (χ1n) is 8.08. The number of hydrogen-bond acceptors (Lipinski definition) is 2. The summed E-state index contributed by atoms with van der Waals surface area (Å²) in [6.07, 6.45) is 7.09. The van der Waals surface area contributed by atoms with Crippen molar-refractivity contribution in [3.63, 3.8) is 0 Å². The number of amides is 1. The molecule has 2 fully saturated rings. The first-order valence-corrected chi connectivity index (χ1v) is 8.08. The van der Waals surface area contributed by atoms with Crippen molar-refractivity contribution in [2.45, 2.75) is 31.2 Å². The van der Waals surface area contributed by atoms with Crippen molar-refractivity contribution in [2.24, 2.45) is 13.0 Å². The molecule has 4 rings (SSSR count). The molecule has 0 unspecified atom stereocenters. The number of likely N-dealkylation sites (tertiary alicyclic amines) is 1. The third kappa shape index (κ3) is 2.32. The van der Waals surface area contributed by atoms with Crippen LogP contribution in [0.1, 0.15) is 42.3 Å². The van der Waals surface area contributed by atoms with Crippen LogP contribution in [0, 0.1) is 5.92 Å². The van der Waals surface area contributed by atoms with Gasteiger partial charge in [-0.2, -0.15) is 5.10 Å². The van der Waals surface area contributed by atoms with Crippen LogP contribution >= 0.6 is 0 Å². The van der Waals surface area contributed by atoms with Gasteiger partial charge < -0.3 is 4.90 Å². The smallest absolute Gasteiger partial charge is 0.226 e. The van der Waals surface area contributed by atoms with Gasteiger partial charge >= 0.3 is 0 Å². The van der Waals surface area contributed by atoms with Gasteiger partial charge in [0.2, 0.25) is 5.91 Å². The van der Waals surface area contributed by atoms with E-state index in [0.29, 0.717) is 11.8 Å². The molecule has 4 nitrogen and oxygen atoms in total. The summed E-state index contributed by atoms with van der Waals surface area (Å²) in [7, 11) is 1.93. The second-order valence-corrected chi connectivity index (χ2v) is 6.50. The standard InChI is InChI=1S/C18H21N3O/c1-20-12-14(11-19-20)17-8-5-9-21(17)18(22)16-10-15(16)13-6-3-2-4-7-13/h2-4,6-7,11-12,15-17H,5,8-10H2,1H3/t15-,16+,17-/m0/s1. The molecule has 114 valence electrons. The Balaban J connectivity index is 1.49. The monoisotopic (exact) mass is 295 g/mol. The zero-order chi connectivity index (χ0) is 15.1. The van der Waals surface area contributed by atoms with Gasteiger partial charge in [-0.1, -0.05) is 30.3 Å². The Morgan fingerprint density at radius 2 is 2.05 bits per heavy atom. The Labute approximate surface area is 130 Å².